The van der Waals surface area contributed by atoms with Gasteiger partial charge in [-0.2, -0.15) is 0 Å². The standard InChI is InChI=1S/C17H23N3O2.ClH/c1-12(21)19-14-6-4-7-15(9-14)20-16(22)17-8-3-2-5-13(17)10-18-11-17;/h4,6-7,9,13,18H,2-3,5,8,10-11H2,1H3,(H,19,21)(H,20,22);1H/t13-,17+;/m0./s1. The predicted octanol–water partition coefficient (Wildman–Crippen LogP) is 2.79. The highest BCUT2D eigenvalue weighted by atomic mass is 35.5. The molecular formula is C17H24ClN3O2. The molecular weight excluding hydrogens is 314 g/mol. The molecule has 0 spiro atoms. The van der Waals surface area contributed by atoms with Crippen LogP contribution in [0.15, 0.2) is 24.3 Å². The van der Waals surface area contributed by atoms with E-state index in [1.54, 1.807) is 6.07 Å². The molecule has 0 radical (unpaired) electrons. The Morgan fingerprint density at radius 2 is 1.96 bits per heavy atom. The minimum absolute atomic E-state index is 0. The molecule has 3 N–H and O–H groups in total. The summed E-state index contributed by atoms with van der Waals surface area (Å²) < 4.78 is 0. The van der Waals surface area contributed by atoms with Crippen LogP contribution in [0, 0.1) is 11.3 Å². The second-order valence-corrected chi connectivity index (χ2v) is 6.45. The zero-order valence-electron chi connectivity index (χ0n) is 13.4. The van der Waals surface area contributed by atoms with E-state index in [0.717, 1.165) is 38.0 Å². The van der Waals surface area contributed by atoms with E-state index in [2.05, 4.69) is 16.0 Å². The number of anilines is 2. The van der Waals surface area contributed by atoms with Gasteiger partial charge >= 0.3 is 0 Å². The van der Waals surface area contributed by atoms with Crippen LogP contribution in [0.1, 0.15) is 32.6 Å². The third-order valence-corrected chi connectivity index (χ3v) is 4.93. The summed E-state index contributed by atoms with van der Waals surface area (Å²) in [5.41, 5.74) is 1.18. The molecule has 1 saturated heterocycles. The zero-order valence-corrected chi connectivity index (χ0v) is 14.2. The smallest absolute Gasteiger partial charge is 0.232 e. The molecule has 0 aromatic heterocycles. The predicted molar refractivity (Wildman–Crippen MR) is 93.9 cm³/mol. The molecule has 2 amide bonds. The molecule has 1 aliphatic carbocycles. The molecule has 23 heavy (non-hydrogen) atoms. The Labute approximate surface area is 143 Å². The van der Waals surface area contributed by atoms with E-state index in [1.165, 1.54) is 13.3 Å². The summed E-state index contributed by atoms with van der Waals surface area (Å²) in [6, 6.07) is 7.32. The number of amides is 2. The monoisotopic (exact) mass is 337 g/mol. The Morgan fingerprint density at radius 1 is 1.22 bits per heavy atom. The summed E-state index contributed by atoms with van der Waals surface area (Å²) >= 11 is 0. The van der Waals surface area contributed by atoms with E-state index in [-0.39, 0.29) is 29.6 Å². The van der Waals surface area contributed by atoms with Gasteiger partial charge in [-0.25, -0.2) is 0 Å². The molecule has 2 fully saturated rings. The van der Waals surface area contributed by atoms with E-state index in [1.807, 2.05) is 18.2 Å². The molecule has 0 bridgehead atoms. The summed E-state index contributed by atoms with van der Waals surface area (Å²) in [6.07, 6.45) is 4.44. The number of halogens is 1. The van der Waals surface area contributed by atoms with E-state index in [9.17, 15) is 9.59 Å². The van der Waals surface area contributed by atoms with Crippen molar-refractivity contribution < 1.29 is 9.59 Å². The second kappa shape index (κ2) is 7.32. The number of fused-ring (bicyclic) bond motifs is 1. The first-order valence-corrected chi connectivity index (χ1v) is 8.00. The number of carbonyl (C=O) groups excluding carboxylic acids is 2. The third-order valence-electron chi connectivity index (χ3n) is 4.93. The highest BCUT2D eigenvalue weighted by Crippen LogP contribution is 2.44. The Morgan fingerprint density at radius 3 is 2.70 bits per heavy atom. The number of carbonyl (C=O) groups is 2. The average Bonchev–Trinajstić information content (AvgIpc) is 2.92. The topological polar surface area (TPSA) is 70.2 Å². The molecule has 126 valence electrons. The van der Waals surface area contributed by atoms with Gasteiger partial charge in [0.15, 0.2) is 0 Å². The summed E-state index contributed by atoms with van der Waals surface area (Å²) in [5, 5.41) is 9.19. The fraction of sp³-hybridized carbons (Fsp3) is 0.529. The maximum absolute atomic E-state index is 12.9. The van der Waals surface area contributed by atoms with Crippen LogP contribution in [0.3, 0.4) is 0 Å². The summed E-state index contributed by atoms with van der Waals surface area (Å²) in [6.45, 7) is 3.19. The van der Waals surface area contributed by atoms with Crippen LogP contribution >= 0.6 is 12.4 Å². The Bertz CT molecular complexity index is 593. The van der Waals surface area contributed by atoms with Crippen LogP contribution in [0.25, 0.3) is 0 Å². The van der Waals surface area contributed by atoms with Crippen LogP contribution in [0.2, 0.25) is 0 Å². The van der Waals surface area contributed by atoms with Crippen molar-refractivity contribution in [1.29, 1.82) is 0 Å². The van der Waals surface area contributed by atoms with Crippen LogP contribution in [-0.2, 0) is 9.59 Å². The molecule has 3 rings (SSSR count). The lowest BCUT2D eigenvalue weighted by Gasteiger charge is -2.37. The minimum Gasteiger partial charge on any atom is -0.326 e. The molecule has 5 nitrogen and oxygen atoms in total. The molecule has 2 atom stereocenters. The first-order valence-electron chi connectivity index (χ1n) is 8.00. The number of rotatable bonds is 3. The fourth-order valence-corrected chi connectivity index (χ4v) is 3.82. The Balaban J connectivity index is 0.00000192. The van der Waals surface area contributed by atoms with Gasteiger partial charge < -0.3 is 16.0 Å². The molecule has 1 aromatic carbocycles. The van der Waals surface area contributed by atoms with Crippen molar-refractivity contribution in [1.82, 2.24) is 5.32 Å². The summed E-state index contributed by atoms with van der Waals surface area (Å²) in [7, 11) is 0. The van der Waals surface area contributed by atoms with Crippen molar-refractivity contribution in [2.75, 3.05) is 23.7 Å². The van der Waals surface area contributed by atoms with Gasteiger partial charge in [0.05, 0.1) is 5.41 Å². The van der Waals surface area contributed by atoms with Gasteiger partial charge in [-0.15, -0.1) is 12.4 Å². The SMILES string of the molecule is CC(=O)Nc1cccc(NC(=O)[C@@]23CCCC[C@H]2CNC3)c1.Cl. The summed E-state index contributed by atoms with van der Waals surface area (Å²) in [5.74, 6) is 0.441. The Hall–Kier alpha value is -1.59. The van der Waals surface area contributed by atoms with E-state index in [4.69, 9.17) is 0 Å². The van der Waals surface area contributed by atoms with Crippen molar-refractivity contribution in [2.24, 2.45) is 11.3 Å². The molecule has 1 aliphatic heterocycles. The number of benzene rings is 1. The maximum atomic E-state index is 12.9. The average molecular weight is 338 g/mol. The van der Waals surface area contributed by atoms with Crippen molar-refractivity contribution in [2.45, 2.75) is 32.6 Å². The van der Waals surface area contributed by atoms with E-state index < -0.39 is 0 Å². The van der Waals surface area contributed by atoms with Crippen LogP contribution in [0.4, 0.5) is 11.4 Å². The highest BCUT2D eigenvalue weighted by molar-refractivity contribution is 5.97. The summed E-state index contributed by atoms with van der Waals surface area (Å²) in [4.78, 5) is 24.0. The van der Waals surface area contributed by atoms with Crippen molar-refractivity contribution in [3.8, 4) is 0 Å². The first kappa shape index (κ1) is 17.8. The molecule has 2 aliphatic rings. The lowest BCUT2D eigenvalue weighted by molar-refractivity contribution is -0.128. The molecule has 6 heteroatoms. The maximum Gasteiger partial charge on any atom is 0.232 e. The number of hydrogen-bond donors (Lipinski definition) is 3. The Kier molecular flexibility index (Phi) is 5.65. The zero-order chi connectivity index (χ0) is 15.6. The van der Waals surface area contributed by atoms with Gasteiger partial charge in [0.1, 0.15) is 0 Å². The largest absolute Gasteiger partial charge is 0.326 e. The van der Waals surface area contributed by atoms with Gasteiger partial charge in [0.2, 0.25) is 11.8 Å². The molecule has 1 aromatic rings. The third kappa shape index (κ3) is 3.67. The van der Waals surface area contributed by atoms with Crippen molar-refractivity contribution in [3.63, 3.8) is 0 Å². The van der Waals surface area contributed by atoms with Crippen LogP contribution in [0.5, 0.6) is 0 Å². The van der Waals surface area contributed by atoms with Gasteiger partial charge in [-0.1, -0.05) is 18.9 Å². The quantitative estimate of drug-likeness (QED) is 0.794. The first-order chi connectivity index (χ1) is 10.6. The highest BCUT2D eigenvalue weighted by Gasteiger charge is 2.49. The van der Waals surface area contributed by atoms with Gasteiger partial charge in [0.25, 0.3) is 0 Å². The van der Waals surface area contributed by atoms with Crippen LogP contribution in [-0.4, -0.2) is 24.9 Å². The van der Waals surface area contributed by atoms with Gasteiger partial charge in [-0.05, 0) is 43.5 Å². The lowest BCUT2D eigenvalue weighted by Crippen LogP contribution is -2.44. The van der Waals surface area contributed by atoms with E-state index in [0.29, 0.717) is 11.6 Å². The molecule has 1 saturated carbocycles. The second-order valence-electron chi connectivity index (χ2n) is 6.45. The molecule has 0 unspecified atom stereocenters. The fourth-order valence-electron chi connectivity index (χ4n) is 3.82. The van der Waals surface area contributed by atoms with Gasteiger partial charge in [0, 0.05) is 24.8 Å². The lowest BCUT2D eigenvalue weighted by atomic mass is 9.67. The number of nitrogens with one attached hydrogen (secondary N) is 3. The van der Waals surface area contributed by atoms with E-state index >= 15 is 0 Å². The number of hydrogen-bond acceptors (Lipinski definition) is 3. The van der Waals surface area contributed by atoms with Crippen molar-refractivity contribution >= 4 is 35.6 Å². The minimum atomic E-state index is -0.262. The van der Waals surface area contributed by atoms with Crippen LogP contribution < -0.4 is 16.0 Å². The normalized spacial score (nSPS) is 25.9. The van der Waals surface area contributed by atoms with Gasteiger partial charge in [-0.3, -0.25) is 9.59 Å². The van der Waals surface area contributed by atoms with Crippen molar-refractivity contribution in [3.05, 3.63) is 24.3 Å². The molecule has 1 heterocycles.